The lowest BCUT2D eigenvalue weighted by Crippen LogP contribution is -2.15. The molecule has 6 heteroatoms. The molecule has 0 atom stereocenters. The normalized spacial score (nSPS) is 10.3. The maximum atomic E-state index is 13.4. The van der Waals surface area contributed by atoms with E-state index in [1.165, 1.54) is 24.3 Å². The first-order valence-corrected chi connectivity index (χ1v) is 5.75. The van der Waals surface area contributed by atoms with Gasteiger partial charge in [0.05, 0.1) is 12.1 Å². The molecule has 2 rings (SSSR count). The molecule has 3 nitrogen and oxygen atoms in total. The zero-order valence-electron chi connectivity index (χ0n) is 10.3. The lowest BCUT2D eigenvalue weighted by Gasteiger charge is -2.07. The summed E-state index contributed by atoms with van der Waals surface area (Å²) in [6.07, 6.45) is -0.332. The Balaban J connectivity index is 2.09. The second-order valence-corrected chi connectivity index (χ2v) is 4.17. The molecule has 0 heterocycles. The molecule has 20 heavy (non-hydrogen) atoms. The van der Waals surface area contributed by atoms with Crippen molar-refractivity contribution in [3.05, 3.63) is 59.4 Å². The zero-order chi connectivity index (χ0) is 14.7. The molecular weight excluding hydrogens is 269 g/mol. The second kappa shape index (κ2) is 5.64. The Kier molecular flexibility index (Phi) is 3.93. The number of carbonyl (C=O) groups excluding carboxylic acids is 1. The standard InChI is InChI=1S/C14H11F3N2O/c15-10-5-4-9(7-12(10)18)19-13(20)6-8-2-1-3-11(16)14(8)17/h1-5,7H,6,18H2,(H,19,20). The average Bonchev–Trinajstić information content (AvgIpc) is 2.39. The van der Waals surface area contributed by atoms with Crippen molar-refractivity contribution in [3.8, 4) is 0 Å². The molecule has 2 aromatic carbocycles. The van der Waals surface area contributed by atoms with E-state index in [0.717, 1.165) is 12.1 Å². The Bertz CT molecular complexity index is 659. The number of hydrogen-bond donors (Lipinski definition) is 2. The molecule has 2 aromatic rings. The summed E-state index contributed by atoms with van der Waals surface area (Å²) in [6, 6.07) is 7.28. The summed E-state index contributed by atoms with van der Waals surface area (Å²) in [7, 11) is 0. The number of hydrogen-bond acceptors (Lipinski definition) is 2. The minimum Gasteiger partial charge on any atom is -0.396 e. The number of amides is 1. The highest BCUT2D eigenvalue weighted by Crippen LogP contribution is 2.17. The Morgan fingerprint density at radius 2 is 1.85 bits per heavy atom. The van der Waals surface area contributed by atoms with Crippen LogP contribution in [0.3, 0.4) is 0 Å². The third kappa shape index (κ3) is 3.09. The van der Waals surface area contributed by atoms with E-state index in [2.05, 4.69) is 5.32 Å². The van der Waals surface area contributed by atoms with Gasteiger partial charge in [-0.2, -0.15) is 0 Å². The van der Waals surface area contributed by atoms with E-state index in [1.807, 2.05) is 0 Å². The number of rotatable bonds is 3. The summed E-state index contributed by atoms with van der Waals surface area (Å²) in [5.41, 5.74) is 5.47. The number of nitrogens with two attached hydrogens (primary N) is 1. The van der Waals surface area contributed by atoms with Crippen molar-refractivity contribution in [2.24, 2.45) is 0 Å². The number of halogens is 3. The number of benzene rings is 2. The fourth-order valence-corrected chi connectivity index (χ4v) is 1.68. The zero-order valence-corrected chi connectivity index (χ0v) is 10.3. The molecule has 3 N–H and O–H groups in total. The van der Waals surface area contributed by atoms with E-state index in [1.54, 1.807) is 0 Å². The van der Waals surface area contributed by atoms with Crippen LogP contribution >= 0.6 is 0 Å². The van der Waals surface area contributed by atoms with E-state index in [4.69, 9.17) is 5.73 Å². The van der Waals surface area contributed by atoms with Crippen molar-refractivity contribution >= 4 is 17.3 Å². The van der Waals surface area contributed by atoms with E-state index >= 15 is 0 Å². The van der Waals surface area contributed by atoms with Crippen LogP contribution in [-0.2, 0) is 11.2 Å². The summed E-state index contributed by atoms with van der Waals surface area (Å²) < 4.78 is 39.3. The second-order valence-electron chi connectivity index (χ2n) is 4.17. The van der Waals surface area contributed by atoms with Crippen molar-refractivity contribution < 1.29 is 18.0 Å². The first kappa shape index (κ1) is 13.9. The molecule has 104 valence electrons. The Morgan fingerprint density at radius 1 is 1.10 bits per heavy atom. The van der Waals surface area contributed by atoms with Crippen molar-refractivity contribution in [2.45, 2.75) is 6.42 Å². The van der Waals surface area contributed by atoms with Gasteiger partial charge in [0.15, 0.2) is 11.6 Å². The van der Waals surface area contributed by atoms with Crippen LogP contribution in [-0.4, -0.2) is 5.91 Å². The number of carbonyl (C=O) groups is 1. The Labute approximate surface area is 113 Å². The summed E-state index contributed by atoms with van der Waals surface area (Å²) in [5, 5.41) is 2.43. The first-order chi connectivity index (χ1) is 9.47. The van der Waals surface area contributed by atoms with Gasteiger partial charge in [-0.1, -0.05) is 12.1 Å². The molecule has 0 aliphatic heterocycles. The van der Waals surface area contributed by atoms with Crippen molar-refractivity contribution in [3.63, 3.8) is 0 Å². The summed E-state index contributed by atoms with van der Waals surface area (Å²) >= 11 is 0. The van der Waals surface area contributed by atoms with Crippen molar-refractivity contribution in [1.29, 1.82) is 0 Å². The van der Waals surface area contributed by atoms with Crippen molar-refractivity contribution in [1.82, 2.24) is 0 Å². The predicted molar refractivity (Wildman–Crippen MR) is 69.5 cm³/mol. The van der Waals surface area contributed by atoms with Crippen LogP contribution in [0.1, 0.15) is 5.56 Å². The molecule has 1 amide bonds. The van der Waals surface area contributed by atoms with Crippen molar-refractivity contribution in [2.75, 3.05) is 11.1 Å². The third-order valence-electron chi connectivity index (χ3n) is 2.66. The Hall–Kier alpha value is -2.50. The van der Waals surface area contributed by atoms with Crippen LogP contribution < -0.4 is 11.1 Å². The molecule has 0 aliphatic carbocycles. The molecule has 0 unspecified atom stereocenters. The number of anilines is 2. The van der Waals surface area contributed by atoms with Crippen LogP contribution in [0, 0.1) is 17.5 Å². The van der Waals surface area contributed by atoms with Crippen LogP contribution in [0.2, 0.25) is 0 Å². The highest BCUT2D eigenvalue weighted by molar-refractivity contribution is 5.92. The quantitative estimate of drug-likeness (QED) is 0.849. The molecular formula is C14H11F3N2O. The summed E-state index contributed by atoms with van der Waals surface area (Å²) in [4.78, 5) is 11.7. The topological polar surface area (TPSA) is 55.1 Å². The largest absolute Gasteiger partial charge is 0.396 e. The van der Waals surface area contributed by atoms with Gasteiger partial charge in [0, 0.05) is 11.3 Å². The average molecular weight is 280 g/mol. The van der Waals surface area contributed by atoms with Crippen LogP contribution in [0.4, 0.5) is 24.5 Å². The SMILES string of the molecule is Nc1cc(NC(=O)Cc2cccc(F)c2F)ccc1F. The maximum absolute atomic E-state index is 13.4. The maximum Gasteiger partial charge on any atom is 0.228 e. The highest BCUT2D eigenvalue weighted by Gasteiger charge is 2.12. The van der Waals surface area contributed by atoms with Gasteiger partial charge in [-0.15, -0.1) is 0 Å². The lowest BCUT2D eigenvalue weighted by atomic mass is 10.1. The van der Waals surface area contributed by atoms with Crippen LogP contribution in [0.5, 0.6) is 0 Å². The number of nitrogens with one attached hydrogen (secondary N) is 1. The van der Waals surface area contributed by atoms with Gasteiger partial charge >= 0.3 is 0 Å². The molecule has 0 spiro atoms. The first-order valence-electron chi connectivity index (χ1n) is 5.75. The molecule has 0 radical (unpaired) electrons. The molecule has 0 aliphatic rings. The van der Waals surface area contributed by atoms with Crippen LogP contribution in [0.15, 0.2) is 36.4 Å². The van der Waals surface area contributed by atoms with Gasteiger partial charge in [-0.25, -0.2) is 13.2 Å². The monoisotopic (exact) mass is 280 g/mol. The highest BCUT2D eigenvalue weighted by atomic mass is 19.2. The van der Waals surface area contributed by atoms with Gasteiger partial charge < -0.3 is 11.1 Å². The summed E-state index contributed by atoms with van der Waals surface area (Å²) in [6.45, 7) is 0. The third-order valence-corrected chi connectivity index (χ3v) is 2.66. The van der Waals surface area contributed by atoms with E-state index in [-0.39, 0.29) is 23.4 Å². The van der Waals surface area contributed by atoms with Crippen LogP contribution in [0.25, 0.3) is 0 Å². The smallest absolute Gasteiger partial charge is 0.228 e. The van der Waals surface area contributed by atoms with Gasteiger partial charge in [0.25, 0.3) is 0 Å². The molecule has 0 saturated heterocycles. The van der Waals surface area contributed by atoms with E-state index in [0.29, 0.717) is 0 Å². The fourth-order valence-electron chi connectivity index (χ4n) is 1.68. The molecule has 0 aromatic heterocycles. The lowest BCUT2D eigenvalue weighted by molar-refractivity contribution is -0.115. The van der Waals surface area contributed by atoms with Gasteiger partial charge in [0.1, 0.15) is 5.82 Å². The van der Waals surface area contributed by atoms with Gasteiger partial charge in [0.2, 0.25) is 5.91 Å². The molecule has 0 fully saturated rings. The Morgan fingerprint density at radius 3 is 2.55 bits per heavy atom. The van der Waals surface area contributed by atoms with Gasteiger partial charge in [-0.3, -0.25) is 4.79 Å². The minimum atomic E-state index is -1.05. The molecule has 0 saturated carbocycles. The minimum absolute atomic E-state index is 0.0578. The number of nitrogen functional groups attached to an aromatic ring is 1. The van der Waals surface area contributed by atoms with E-state index in [9.17, 15) is 18.0 Å². The fraction of sp³-hybridized carbons (Fsp3) is 0.0714. The van der Waals surface area contributed by atoms with E-state index < -0.39 is 23.4 Å². The molecule has 0 bridgehead atoms. The van der Waals surface area contributed by atoms with Gasteiger partial charge in [-0.05, 0) is 24.3 Å². The summed E-state index contributed by atoms with van der Waals surface area (Å²) in [5.74, 6) is -3.22. The predicted octanol–water partition coefficient (Wildman–Crippen LogP) is 2.87.